The number of benzene rings is 1. The second-order valence-corrected chi connectivity index (χ2v) is 9.75. The first-order valence-corrected chi connectivity index (χ1v) is 11.5. The number of sulfonamides is 1. The van der Waals surface area contributed by atoms with Crippen LogP contribution in [0.25, 0.3) is 0 Å². The van der Waals surface area contributed by atoms with Crippen molar-refractivity contribution in [3.63, 3.8) is 0 Å². The van der Waals surface area contributed by atoms with Crippen LogP contribution in [0.2, 0.25) is 5.02 Å². The van der Waals surface area contributed by atoms with Gasteiger partial charge in [0.1, 0.15) is 16.4 Å². The molecule has 0 unspecified atom stereocenters. The molecule has 1 aromatic carbocycles. The first kappa shape index (κ1) is 21.9. The van der Waals surface area contributed by atoms with E-state index in [4.69, 9.17) is 20.9 Å². The molecule has 31 heavy (non-hydrogen) atoms. The minimum absolute atomic E-state index is 0.114. The van der Waals surface area contributed by atoms with E-state index in [0.29, 0.717) is 34.9 Å². The van der Waals surface area contributed by atoms with E-state index in [9.17, 15) is 12.8 Å². The normalized spacial score (nSPS) is 14.7. The van der Waals surface area contributed by atoms with Gasteiger partial charge >= 0.3 is 0 Å². The summed E-state index contributed by atoms with van der Waals surface area (Å²) < 4.78 is 53.6. The summed E-state index contributed by atoms with van der Waals surface area (Å²) in [5.41, 5.74) is 3.47. The molecule has 0 amide bonds. The van der Waals surface area contributed by atoms with E-state index in [1.54, 1.807) is 24.6 Å². The van der Waals surface area contributed by atoms with E-state index in [2.05, 4.69) is 10.3 Å². The van der Waals surface area contributed by atoms with Crippen molar-refractivity contribution in [1.82, 2.24) is 19.2 Å². The molecule has 0 spiro atoms. The highest BCUT2D eigenvalue weighted by molar-refractivity contribution is 7.89. The Balaban J connectivity index is 1.53. The fourth-order valence-electron chi connectivity index (χ4n) is 3.83. The van der Waals surface area contributed by atoms with E-state index in [-0.39, 0.29) is 30.4 Å². The fourth-order valence-corrected chi connectivity index (χ4v) is 5.76. The Morgan fingerprint density at radius 1 is 1.29 bits per heavy atom. The van der Waals surface area contributed by atoms with Crippen LogP contribution in [0.15, 0.2) is 27.6 Å². The largest absolute Gasteiger partial charge is 0.370 e. The molecule has 4 rings (SSSR count). The highest BCUT2D eigenvalue weighted by atomic mass is 35.5. The van der Waals surface area contributed by atoms with Crippen LogP contribution in [0.3, 0.4) is 0 Å². The number of nitrogens with zero attached hydrogens (tertiary/aromatic N) is 4. The zero-order chi connectivity index (χ0) is 22.3. The second-order valence-electron chi connectivity index (χ2n) is 7.47. The summed E-state index contributed by atoms with van der Waals surface area (Å²) >= 11 is 6.05. The molecule has 2 aromatic heterocycles. The van der Waals surface area contributed by atoms with Crippen LogP contribution in [-0.2, 0) is 48.0 Å². The molecule has 8 nitrogen and oxygen atoms in total. The van der Waals surface area contributed by atoms with Crippen LogP contribution < -0.4 is 0 Å². The van der Waals surface area contributed by atoms with Gasteiger partial charge in [0.05, 0.1) is 18.9 Å². The molecule has 0 saturated carbocycles. The minimum Gasteiger partial charge on any atom is -0.370 e. The summed E-state index contributed by atoms with van der Waals surface area (Å²) in [5.74, 6) is -0.138. The third-order valence-corrected chi connectivity index (χ3v) is 7.81. The van der Waals surface area contributed by atoms with Gasteiger partial charge in [-0.3, -0.25) is 4.68 Å². The average molecular weight is 469 g/mol. The van der Waals surface area contributed by atoms with Gasteiger partial charge in [0.25, 0.3) is 0 Å². The first-order chi connectivity index (χ1) is 14.7. The Bertz CT molecular complexity index is 1220. The number of hydrogen-bond acceptors (Lipinski definition) is 6. The predicted molar refractivity (Wildman–Crippen MR) is 110 cm³/mol. The minimum atomic E-state index is -3.76. The monoisotopic (exact) mass is 468 g/mol. The Hall–Kier alpha value is -2.27. The highest BCUT2D eigenvalue weighted by Crippen LogP contribution is 2.30. The van der Waals surface area contributed by atoms with Crippen molar-refractivity contribution in [3.8, 4) is 0 Å². The van der Waals surface area contributed by atoms with E-state index in [1.165, 1.54) is 16.4 Å². The third kappa shape index (κ3) is 4.12. The van der Waals surface area contributed by atoms with Gasteiger partial charge in [-0.05, 0) is 31.5 Å². The van der Waals surface area contributed by atoms with Gasteiger partial charge in [-0.15, -0.1) is 0 Å². The molecule has 1 aliphatic rings. The lowest BCUT2D eigenvalue weighted by molar-refractivity contribution is 0.103. The molecule has 0 saturated heterocycles. The smallest absolute Gasteiger partial charge is 0.248 e. The van der Waals surface area contributed by atoms with Crippen LogP contribution >= 0.6 is 11.6 Å². The summed E-state index contributed by atoms with van der Waals surface area (Å²) in [6.07, 6.45) is 0.533. The summed E-state index contributed by atoms with van der Waals surface area (Å²) in [7, 11) is -1.93. The maximum absolute atomic E-state index is 13.2. The van der Waals surface area contributed by atoms with Crippen molar-refractivity contribution in [2.75, 3.05) is 6.54 Å². The molecular weight excluding hydrogens is 447 g/mol. The Kier molecular flexibility index (Phi) is 5.91. The first-order valence-electron chi connectivity index (χ1n) is 9.66. The number of aryl methyl sites for hydroxylation is 3. The molecule has 0 N–H and O–H groups in total. The fraction of sp³-hybridized carbons (Fsp3) is 0.400. The molecule has 3 aromatic rings. The summed E-state index contributed by atoms with van der Waals surface area (Å²) in [6, 6.07) is 4.13. The second kappa shape index (κ2) is 8.34. The third-order valence-electron chi connectivity index (χ3n) is 5.37. The van der Waals surface area contributed by atoms with Crippen LogP contribution in [0.4, 0.5) is 4.39 Å². The van der Waals surface area contributed by atoms with Gasteiger partial charge < -0.3 is 9.26 Å². The van der Waals surface area contributed by atoms with E-state index < -0.39 is 15.8 Å². The lowest BCUT2D eigenvalue weighted by atomic mass is 10.1. The van der Waals surface area contributed by atoms with Crippen LogP contribution in [-0.4, -0.2) is 34.2 Å². The lowest BCUT2D eigenvalue weighted by Gasteiger charge is -2.26. The Labute approximate surface area is 184 Å². The van der Waals surface area contributed by atoms with Crippen molar-refractivity contribution in [3.05, 3.63) is 63.0 Å². The maximum atomic E-state index is 13.2. The standard InChI is InChI=1S/C20H22ClFN4O4S/c1-12-20(13(2)30-24-12)31(27,28)26-7-6-19-16(9-26)18(23-25(19)3)11-29-10-14-4-5-15(22)8-17(14)21/h4-5,8H,6-7,9-11H2,1-3H3. The van der Waals surface area contributed by atoms with Crippen LogP contribution in [0, 0.1) is 19.7 Å². The number of ether oxygens (including phenoxy) is 1. The van der Waals surface area contributed by atoms with E-state index in [1.807, 2.05) is 7.05 Å². The molecule has 11 heteroatoms. The summed E-state index contributed by atoms with van der Waals surface area (Å²) in [6.45, 7) is 4.09. The van der Waals surface area contributed by atoms with Crippen molar-refractivity contribution >= 4 is 21.6 Å². The predicted octanol–water partition coefficient (Wildman–Crippen LogP) is 3.28. The van der Waals surface area contributed by atoms with Crippen molar-refractivity contribution in [2.24, 2.45) is 7.05 Å². The molecule has 0 fully saturated rings. The summed E-state index contributed by atoms with van der Waals surface area (Å²) in [5, 5.41) is 8.59. The number of rotatable bonds is 6. The molecule has 0 atom stereocenters. The van der Waals surface area contributed by atoms with E-state index in [0.717, 1.165) is 11.3 Å². The molecule has 0 radical (unpaired) electrons. The topological polar surface area (TPSA) is 90.5 Å². The molecule has 166 valence electrons. The van der Waals surface area contributed by atoms with Gasteiger partial charge in [0.2, 0.25) is 10.0 Å². The van der Waals surface area contributed by atoms with Gasteiger partial charge in [0, 0.05) is 42.8 Å². The van der Waals surface area contributed by atoms with Crippen molar-refractivity contribution < 1.29 is 22.1 Å². The number of hydrogen-bond donors (Lipinski definition) is 0. The van der Waals surface area contributed by atoms with Gasteiger partial charge in [0.15, 0.2) is 5.76 Å². The molecule has 3 heterocycles. The van der Waals surface area contributed by atoms with Crippen molar-refractivity contribution in [2.45, 2.75) is 44.9 Å². The Morgan fingerprint density at radius 3 is 2.74 bits per heavy atom. The molecular formula is C20H22ClFN4O4S. The number of halogens is 2. The van der Waals surface area contributed by atoms with Gasteiger partial charge in [-0.25, -0.2) is 12.8 Å². The van der Waals surface area contributed by atoms with Gasteiger partial charge in [-0.2, -0.15) is 9.40 Å². The maximum Gasteiger partial charge on any atom is 0.248 e. The highest BCUT2D eigenvalue weighted by Gasteiger charge is 2.35. The van der Waals surface area contributed by atoms with Crippen molar-refractivity contribution in [1.29, 1.82) is 0 Å². The SMILES string of the molecule is Cc1noc(C)c1S(=O)(=O)N1CCc2c(c(COCc3ccc(F)cc3Cl)nn2C)C1. The zero-order valence-corrected chi connectivity index (χ0v) is 18.9. The summed E-state index contributed by atoms with van der Waals surface area (Å²) in [4.78, 5) is 0.114. The quantitative estimate of drug-likeness (QED) is 0.551. The van der Waals surface area contributed by atoms with Crippen LogP contribution in [0.5, 0.6) is 0 Å². The van der Waals surface area contributed by atoms with Gasteiger partial charge in [-0.1, -0.05) is 22.8 Å². The number of aromatic nitrogens is 3. The zero-order valence-electron chi connectivity index (χ0n) is 17.4. The lowest BCUT2D eigenvalue weighted by Crippen LogP contribution is -2.37. The Morgan fingerprint density at radius 2 is 2.06 bits per heavy atom. The van der Waals surface area contributed by atoms with E-state index >= 15 is 0 Å². The molecule has 1 aliphatic heterocycles. The number of fused-ring (bicyclic) bond motifs is 1. The van der Waals surface area contributed by atoms with Crippen LogP contribution in [0.1, 0.15) is 34.0 Å². The average Bonchev–Trinajstić information content (AvgIpc) is 3.22. The molecule has 0 aliphatic carbocycles. The molecule has 0 bridgehead atoms.